The Morgan fingerprint density at radius 1 is 1.28 bits per heavy atom. The van der Waals surface area contributed by atoms with Crippen molar-refractivity contribution in [2.24, 2.45) is 5.10 Å². The predicted molar refractivity (Wildman–Crippen MR) is 90.2 cm³/mol. The lowest BCUT2D eigenvalue weighted by Gasteiger charge is -2.20. The number of rotatable bonds is 5. The summed E-state index contributed by atoms with van der Waals surface area (Å²) in [5, 5.41) is 14.4. The first kappa shape index (κ1) is 15.3. The number of hydrazone groups is 1. The highest BCUT2D eigenvalue weighted by Crippen LogP contribution is 2.26. The molecule has 25 heavy (non-hydrogen) atoms. The maximum absolute atomic E-state index is 12.0. The van der Waals surface area contributed by atoms with Crippen molar-refractivity contribution in [3.63, 3.8) is 0 Å². The number of nitrogens with zero attached hydrogens (tertiary/aromatic N) is 6. The molecule has 1 unspecified atom stereocenters. The zero-order chi connectivity index (χ0) is 17.2. The Morgan fingerprint density at radius 3 is 2.84 bits per heavy atom. The molecule has 0 spiro atoms. The molecule has 0 radical (unpaired) electrons. The second kappa shape index (κ2) is 6.31. The minimum atomic E-state index is -0.362. The molecule has 4 rings (SSSR count). The molecule has 8 heteroatoms. The number of aromatic nitrogens is 4. The van der Waals surface area contributed by atoms with Gasteiger partial charge in [0, 0.05) is 18.8 Å². The van der Waals surface area contributed by atoms with E-state index in [0.29, 0.717) is 30.4 Å². The van der Waals surface area contributed by atoms with Gasteiger partial charge in [-0.3, -0.25) is 14.5 Å². The van der Waals surface area contributed by atoms with Crippen molar-refractivity contribution < 1.29 is 9.32 Å². The van der Waals surface area contributed by atoms with E-state index in [9.17, 15) is 4.79 Å². The number of anilines is 1. The number of hydrogen-bond donors (Lipinski definition) is 0. The number of Topliss-reactive ketones (excluding diaryl/α,β-unsaturated/α-hetero) is 1. The molecule has 1 aromatic carbocycles. The number of ketones is 1. The first-order chi connectivity index (χ1) is 12.2. The van der Waals surface area contributed by atoms with E-state index in [0.717, 1.165) is 5.69 Å². The topological polar surface area (TPSA) is 89.4 Å². The van der Waals surface area contributed by atoms with Crippen molar-refractivity contribution in [1.82, 2.24) is 19.9 Å². The monoisotopic (exact) mass is 336 g/mol. The lowest BCUT2D eigenvalue weighted by atomic mass is 10.1. The first-order valence-corrected chi connectivity index (χ1v) is 7.93. The Bertz CT molecular complexity index is 900. The summed E-state index contributed by atoms with van der Waals surface area (Å²) >= 11 is 0. The van der Waals surface area contributed by atoms with Crippen molar-refractivity contribution >= 4 is 17.2 Å². The van der Waals surface area contributed by atoms with Gasteiger partial charge in [-0.25, -0.2) is 0 Å². The molecule has 8 nitrogen and oxygen atoms in total. The van der Waals surface area contributed by atoms with E-state index in [4.69, 9.17) is 4.52 Å². The van der Waals surface area contributed by atoms with Gasteiger partial charge in [0.05, 0.1) is 5.69 Å². The van der Waals surface area contributed by atoms with Gasteiger partial charge in [0.15, 0.2) is 11.6 Å². The summed E-state index contributed by atoms with van der Waals surface area (Å²) in [7, 11) is 0. The van der Waals surface area contributed by atoms with Crippen LogP contribution in [0.5, 0.6) is 0 Å². The maximum atomic E-state index is 12.0. The van der Waals surface area contributed by atoms with Crippen LogP contribution in [-0.4, -0.2) is 37.5 Å². The standard InChI is InChI=1S/C17H16N6O2/c1-12(24)15-10-14(20-23(15)13-6-3-2-4-7-13)17-19-16(21-25-17)11-22-9-5-8-18-22/h2-9,15H,10-11H2,1H3. The lowest BCUT2D eigenvalue weighted by molar-refractivity contribution is -0.118. The van der Waals surface area contributed by atoms with E-state index in [1.165, 1.54) is 0 Å². The minimum Gasteiger partial charge on any atom is -0.332 e. The normalized spacial score (nSPS) is 16.9. The molecule has 3 aromatic rings. The zero-order valence-electron chi connectivity index (χ0n) is 13.6. The van der Waals surface area contributed by atoms with Crippen LogP contribution in [0.3, 0.4) is 0 Å². The van der Waals surface area contributed by atoms with E-state index in [1.54, 1.807) is 22.8 Å². The molecular weight excluding hydrogens is 320 g/mol. The van der Waals surface area contributed by atoms with Crippen molar-refractivity contribution in [3.8, 4) is 0 Å². The SMILES string of the molecule is CC(=O)C1CC(c2nc(Cn3cccn3)no2)=NN1c1ccccc1. The molecule has 0 saturated heterocycles. The quantitative estimate of drug-likeness (QED) is 0.707. The molecule has 3 heterocycles. The molecule has 1 atom stereocenters. The minimum absolute atomic E-state index is 0.0406. The molecular formula is C17H16N6O2. The summed E-state index contributed by atoms with van der Waals surface area (Å²) in [5.41, 5.74) is 1.47. The van der Waals surface area contributed by atoms with Crippen LogP contribution in [0.1, 0.15) is 25.1 Å². The van der Waals surface area contributed by atoms with Crippen LogP contribution in [0.2, 0.25) is 0 Å². The third-order valence-corrected chi connectivity index (χ3v) is 3.98. The lowest BCUT2D eigenvalue weighted by Crippen LogP contribution is -2.32. The van der Waals surface area contributed by atoms with Crippen LogP contribution in [0.4, 0.5) is 5.69 Å². The van der Waals surface area contributed by atoms with Gasteiger partial charge in [0.1, 0.15) is 18.3 Å². The van der Waals surface area contributed by atoms with Crippen molar-refractivity contribution in [3.05, 3.63) is 60.5 Å². The zero-order valence-corrected chi connectivity index (χ0v) is 13.6. The third kappa shape index (κ3) is 3.06. The van der Waals surface area contributed by atoms with Gasteiger partial charge in [-0.2, -0.15) is 15.2 Å². The summed E-state index contributed by atoms with van der Waals surface area (Å²) in [4.78, 5) is 16.4. The van der Waals surface area contributed by atoms with Gasteiger partial charge < -0.3 is 4.52 Å². The van der Waals surface area contributed by atoms with Gasteiger partial charge >= 0.3 is 0 Å². The van der Waals surface area contributed by atoms with E-state index in [1.807, 2.05) is 42.6 Å². The summed E-state index contributed by atoms with van der Waals surface area (Å²) in [6, 6.07) is 11.0. The maximum Gasteiger partial charge on any atom is 0.274 e. The van der Waals surface area contributed by atoms with Gasteiger partial charge in [0.2, 0.25) is 0 Å². The van der Waals surface area contributed by atoms with Crippen molar-refractivity contribution in [1.29, 1.82) is 0 Å². The Hall–Kier alpha value is -3.29. The molecule has 0 saturated carbocycles. The smallest absolute Gasteiger partial charge is 0.274 e. The first-order valence-electron chi connectivity index (χ1n) is 7.93. The van der Waals surface area contributed by atoms with E-state index in [2.05, 4.69) is 20.3 Å². The third-order valence-electron chi connectivity index (χ3n) is 3.98. The highest BCUT2D eigenvalue weighted by atomic mass is 16.5. The van der Waals surface area contributed by atoms with Crippen LogP contribution in [-0.2, 0) is 11.3 Å². The molecule has 0 fully saturated rings. The molecule has 0 N–H and O–H groups in total. The molecule has 126 valence electrons. The Kier molecular flexibility index (Phi) is 3.85. The van der Waals surface area contributed by atoms with Crippen LogP contribution in [0, 0.1) is 0 Å². The van der Waals surface area contributed by atoms with E-state index < -0.39 is 0 Å². The van der Waals surface area contributed by atoms with Gasteiger partial charge in [0.25, 0.3) is 5.89 Å². The Balaban J connectivity index is 1.60. The van der Waals surface area contributed by atoms with Crippen molar-refractivity contribution in [2.75, 3.05) is 5.01 Å². The molecule has 0 bridgehead atoms. The van der Waals surface area contributed by atoms with Crippen LogP contribution in [0.15, 0.2) is 58.4 Å². The largest absolute Gasteiger partial charge is 0.332 e. The average Bonchev–Trinajstić information content (AvgIpc) is 3.36. The highest BCUT2D eigenvalue weighted by molar-refractivity contribution is 6.04. The molecule has 1 aliphatic heterocycles. The molecule has 1 aliphatic rings. The Morgan fingerprint density at radius 2 is 2.12 bits per heavy atom. The molecule has 2 aromatic heterocycles. The van der Waals surface area contributed by atoms with Gasteiger partial charge in [-0.15, -0.1) is 0 Å². The number of carbonyl (C=O) groups is 1. The second-order valence-electron chi connectivity index (χ2n) is 5.78. The summed E-state index contributed by atoms with van der Waals surface area (Å²) in [6.07, 6.45) is 3.96. The molecule has 0 amide bonds. The highest BCUT2D eigenvalue weighted by Gasteiger charge is 2.34. The molecule has 0 aliphatic carbocycles. The van der Waals surface area contributed by atoms with Gasteiger partial charge in [-0.05, 0) is 25.1 Å². The summed E-state index contributed by atoms with van der Waals surface area (Å²) in [5.74, 6) is 0.893. The van der Waals surface area contributed by atoms with E-state index in [-0.39, 0.29) is 11.8 Å². The summed E-state index contributed by atoms with van der Waals surface area (Å²) < 4.78 is 7.05. The van der Waals surface area contributed by atoms with Crippen LogP contribution < -0.4 is 5.01 Å². The van der Waals surface area contributed by atoms with Crippen LogP contribution in [0.25, 0.3) is 0 Å². The fourth-order valence-corrected chi connectivity index (χ4v) is 2.75. The number of hydrogen-bond acceptors (Lipinski definition) is 7. The predicted octanol–water partition coefficient (Wildman–Crippen LogP) is 1.89. The average molecular weight is 336 g/mol. The number of para-hydroxylation sites is 1. The van der Waals surface area contributed by atoms with Crippen LogP contribution >= 0.6 is 0 Å². The second-order valence-corrected chi connectivity index (χ2v) is 5.78. The fraction of sp³-hybridized carbons (Fsp3) is 0.235. The van der Waals surface area contributed by atoms with Gasteiger partial charge in [-0.1, -0.05) is 23.4 Å². The number of benzene rings is 1. The fourth-order valence-electron chi connectivity index (χ4n) is 2.75. The Labute approximate surface area is 143 Å². The van der Waals surface area contributed by atoms with Crippen molar-refractivity contribution in [2.45, 2.75) is 25.9 Å². The van der Waals surface area contributed by atoms with E-state index >= 15 is 0 Å². The number of carbonyl (C=O) groups excluding carboxylic acids is 1. The summed E-state index contributed by atoms with van der Waals surface area (Å²) in [6.45, 7) is 1.98.